The van der Waals surface area contributed by atoms with E-state index in [2.05, 4.69) is 61.5 Å². The number of rotatable bonds is 9. The van der Waals surface area contributed by atoms with E-state index < -0.39 is 5.60 Å². The van der Waals surface area contributed by atoms with Crippen LogP contribution in [0.25, 0.3) is 0 Å². The predicted molar refractivity (Wildman–Crippen MR) is 120 cm³/mol. The van der Waals surface area contributed by atoms with Crippen LogP contribution in [-0.2, 0) is 26.3 Å². The first kappa shape index (κ1) is 24.4. The van der Waals surface area contributed by atoms with E-state index >= 15 is 0 Å². The van der Waals surface area contributed by atoms with Crippen LogP contribution in [0.2, 0.25) is 0 Å². The minimum Gasteiger partial charge on any atom is -0.505 e. The Kier molecular flexibility index (Phi) is 10.8. The second-order valence-corrected chi connectivity index (χ2v) is 7.31. The van der Waals surface area contributed by atoms with Crippen LogP contribution in [0.5, 0.6) is 0 Å². The van der Waals surface area contributed by atoms with E-state index in [0.29, 0.717) is 12.8 Å². The number of hydrogen-bond donors (Lipinski definition) is 0. The second kappa shape index (κ2) is 12.8. The molecule has 0 fully saturated rings. The SMILES string of the molecule is C=COC.CCC(=O)OC(Cc1ccccc1)(c1ccccc1)C(C)CN(C)C. The molecule has 158 valence electrons. The van der Waals surface area contributed by atoms with E-state index in [1.165, 1.54) is 11.8 Å². The summed E-state index contributed by atoms with van der Waals surface area (Å²) in [6, 6.07) is 20.4. The number of carbonyl (C=O) groups excluding carboxylic acids is 1. The van der Waals surface area contributed by atoms with Crippen LogP contribution in [0, 0.1) is 5.92 Å². The van der Waals surface area contributed by atoms with Gasteiger partial charge in [0.1, 0.15) is 5.60 Å². The van der Waals surface area contributed by atoms with Gasteiger partial charge >= 0.3 is 5.97 Å². The molecule has 0 aliphatic rings. The topological polar surface area (TPSA) is 38.8 Å². The van der Waals surface area contributed by atoms with Gasteiger partial charge in [-0.05, 0) is 25.2 Å². The van der Waals surface area contributed by atoms with Crippen molar-refractivity contribution in [2.24, 2.45) is 5.92 Å². The summed E-state index contributed by atoms with van der Waals surface area (Å²) in [7, 11) is 5.67. The molecular formula is C25H35NO3. The molecule has 2 aromatic rings. The summed E-state index contributed by atoms with van der Waals surface area (Å²) in [5.41, 5.74) is 1.54. The molecule has 0 bridgehead atoms. The van der Waals surface area contributed by atoms with E-state index in [1.807, 2.05) is 43.3 Å². The lowest BCUT2D eigenvalue weighted by molar-refractivity contribution is -0.168. The maximum Gasteiger partial charge on any atom is 0.306 e. The minimum absolute atomic E-state index is 0.139. The average molecular weight is 398 g/mol. The molecule has 29 heavy (non-hydrogen) atoms. The molecule has 0 aliphatic heterocycles. The molecule has 4 heteroatoms. The highest BCUT2D eigenvalue weighted by molar-refractivity contribution is 5.69. The van der Waals surface area contributed by atoms with Crippen molar-refractivity contribution in [1.82, 2.24) is 4.90 Å². The molecule has 0 saturated heterocycles. The standard InChI is InChI=1S/C22H29NO2.C3H6O/c1-5-21(24)25-22(18(2)17-23(3)4,20-14-10-7-11-15-20)16-19-12-8-6-9-13-19;1-3-4-2/h6-15,18H,5,16-17H2,1-4H3;3H,1H2,2H3. The summed E-state index contributed by atoms with van der Waals surface area (Å²) in [4.78, 5) is 14.5. The lowest BCUT2D eigenvalue weighted by Gasteiger charge is -2.40. The summed E-state index contributed by atoms with van der Waals surface area (Å²) in [6.45, 7) is 8.10. The number of ether oxygens (including phenoxy) is 2. The van der Waals surface area contributed by atoms with Gasteiger partial charge in [0.25, 0.3) is 0 Å². The molecule has 2 aromatic carbocycles. The van der Waals surface area contributed by atoms with Crippen molar-refractivity contribution in [3.63, 3.8) is 0 Å². The van der Waals surface area contributed by atoms with E-state index in [4.69, 9.17) is 4.74 Å². The molecule has 0 spiro atoms. The van der Waals surface area contributed by atoms with E-state index in [-0.39, 0.29) is 11.9 Å². The Labute approximate surface area is 176 Å². The van der Waals surface area contributed by atoms with Crippen molar-refractivity contribution in [2.75, 3.05) is 27.7 Å². The van der Waals surface area contributed by atoms with E-state index in [9.17, 15) is 4.79 Å². The molecule has 0 aliphatic carbocycles. The molecule has 0 N–H and O–H groups in total. The van der Waals surface area contributed by atoms with Crippen molar-refractivity contribution < 1.29 is 14.3 Å². The lowest BCUT2D eigenvalue weighted by Crippen LogP contribution is -2.44. The highest BCUT2D eigenvalue weighted by Gasteiger charge is 2.42. The van der Waals surface area contributed by atoms with Crippen LogP contribution in [-0.4, -0.2) is 38.6 Å². The monoisotopic (exact) mass is 397 g/mol. The lowest BCUT2D eigenvalue weighted by atomic mass is 9.77. The number of benzene rings is 2. The third-order valence-corrected chi connectivity index (χ3v) is 4.76. The average Bonchev–Trinajstić information content (AvgIpc) is 2.74. The van der Waals surface area contributed by atoms with Crippen molar-refractivity contribution in [1.29, 1.82) is 0 Å². The van der Waals surface area contributed by atoms with Crippen molar-refractivity contribution in [3.05, 3.63) is 84.6 Å². The second-order valence-electron chi connectivity index (χ2n) is 7.31. The quantitative estimate of drug-likeness (QED) is 0.438. The fourth-order valence-corrected chi connectivity index (χ4v) is 3.35. The zero-order chi connectivity index (χ0) is 21.7. The van der Waals surface area contributed by atoms with Gasteiger partial charge < -0.3 is 14.4 Å². The highest BCUT2D eigenvalue weighted by atomic mass is 16.6. The first-order valence-corrected chi connectivity index (χ1v) is 9.99. The van der Waals surface area contributed by atoms with Gasteiger partial charge in [0, 0.05) is 25.3 Å². The Bertz CT molecular complexity index is 715. The normalized spacial score (nSPS) is 13.4. The van der Waals surface area contributed by atoms with E-state index in [1.54, 1.807) is 7.11 Å². The van der Waals surface area contributed by atoms with Gasteiger partial charge in [-0.15, -0.1) is 0 Å². The molecule has 4 nitrogen and oxygen atoms in total. The van der Waals surface area contributed by atoms with Crippen LogP contribution in [0.4, 0.5) is 0 Å². The molecule has 0 saturated carbocycles. The predicted octanol–water partition coefficient (Wildman–Crippen LogP) is 5.05. The maximum atomic E-state index is 12.3. The zero-order valence-corrected chi connectivity index (χ0v) is 18.4. The molecule has 2 unspecified atom stereocenters. The maximum absolute atomic E-state index is 12.3. The Morgan fingerprint density at radius 1 is 1.10 bits per heavy atom. The van der Waals surface area contributed by atoms with E-state index in [0.717, 1.165) is 12.1 Å². The number of carbonyl (C=O) groups is 1. The number of hydrogen-bond acceptors (Lipinski definition) is 4. The smallest absolute Gasteiger partial charge is 0.306 e. The molecule has 2 rings (SSSR count). The Hall–Kier alpha value is -2.59. The van der Waals surface area contributed by atoms with Crippen LogP contribution < -0.4 is 0 Å². The fraction of sp³-hybridized carbons (Fsp3) is 0.400. The number of esters is 1. The molecular weight excluding hydrogens is 362 g/mol. The third kappa shape index (κ3) is 7.74. The first-order chi connectivity index (χ1) is 13.9. The highest BCUT2D eigenvalue weighted by Crippen LogP contribution is 2.38. The summed E-state index contributed by atoms with van der Waals surface area (Å²) in [5, 5.41) is 0. The van der Waals surface area contributed by atoms with Crippen molar-refractivity contribution in [2.45, 2.75) is 32.3 Å². The van der Waals surface area contributed by atoms with Gasteiger partial charge in [-0.1, -0.05) is 81.1 Å². The molecule has 0 radical (unpaired) electrons. The van der Waals surface area contributed by atoms with Crippen LogP contribution >= 0.6 is 0 Å². The number of nitrogens with zero attached hydrogens (tertiary/aromatic N) is 1. The molecule has 2 atom stereocenters. The van der Waals surface area contributed by atoms with Gasteiger partial charge in [-0.2, -0.15) is 0 Å². The van der Waals surface area contributed by atoms with Crippen LogP contribution in [0.1, 0.15) is 31.4 Å². The molecule has 0 aromatic heterocycles. The Morgan fingerprint density at radius 2 is 1.62 bits per heavy atom. The van der Waals surface area contributed by atoms with Gasteiger partial charge in [0.05, 0.1) is 13.4 Å². The Morgan fingerprint density at radius 3 is 2.07 bits per heavy atom. The van der Waals surface area contributed by atoms with Gasteiger partial charge in [-0.25, -0.2) is 0 Å². The summed E-state index contributed by atoms with van der Waals surface area (Å²) in [5.74, 6) is -0.0222. The molecule has 0 heterocycles. The molecule has 0 amide bonds. The zero-order valence-electron chi connectivity index (χ0n) is 18.4. The van der Waals surface area contributed by atoms with Crippen LogP contribution in [0.15, 0.2) is 73.5 Å². The summed E-state index contributed by atoms with van der Waals surface area (Å²) in [6.07, 6.45) is 2.41. The summed E-state index contributed by atoms with van der Waals surface area (Å²) < 4.78 is 10.5. The fourth-order valence-electron chi connectivity index (χ4n) is 3.35. The van der Waals surface area contributed by atoms with Crippen molar-refractivity contribution >= 4 is 5.97 Å². The van der Waals surface area contributed by atoms with Gasteiger partial charge in [-0.3, -0.25) is 4.79 Å². The minimum atomic E-state index is -0.681. The first-order valence-electron chi connectivity index (χ1n) is 9.99. The number of methoxy groups -OCH3 is 1. The van der Waals surface area contributed by atoms with Crippen molar-refractivity contribution in [3.8, 4) is 0 Å². The summed E-state index contributed by atoms with van der Waals surface area (Å²) >= 11 is 0. The van der Waals surface area contributed by atoms with Crippen LogP contribution in [0.3, 0.4) is 0 Å². The Balaban J connectivity index is 0.000000960. The van der Waals surface area contributed by atoms with Gasteiger partial charge in [0.2, 0.25) is 0 Å². The van der Waals surface area contributed by atoms with Gasteiger partial charge in [0.15, 0.2) is 0 Å². The largest absolute Gasteiger partial charge is 0.505 e. The third-order valence-electron chi connectivity index (χ3n) is 4.76.